The lowest BCUT2D eigenvalue weighted by atomic mass is 9.92. The number of aryl methyl sites for hydroxylation is 1. The number of hydrogen-bond acceptors (Lipinski definition) is 8. The molecule has 0 saturated carbocycles. The van der Waals surface area contributed by atoms with Crippen molar-refractivity contribution in [3.05, 3.63) is 61.9 Å². The van der Waals surface area contributed by atoms with Gasteiger partial charge < -0.3 is 28.7 Å². The van der Waals surface area contributed by atoms with Crippen molar-refractivity contribution in [3.8, 4) is 17.2 Å². The van der Waals surface area contributed by atoms with Crippen molar-refractivity contribution >= 4 is 16.9 Å². The Kier molecular flexibility index (Phi) is 4.50. The summed E-state index contributed by atoms with van der Waals surface area (Å²) in [6.07, 6.45) is -0.310. The highest BCUT2D eigenvalue weighted by atomic mass is 16.7. The zero-order valence-electron chi connectivity index (χ0n) is 15.6. The number of carbonyl (C=O) groups excluding carboxylic acids is 1. The number of aromatic hydroxyl groups is 1. The zero-order chi connectivity index (χ0) is 20.7. The molecule has 29 heavy (non-hydrogen) atoms. The first-order valence-electron chi connectivity index (χ1n) is 8.74. The second-order valence-corrected chi connectivity index (χ2v) is 6.61. The highest BCUT2D eigenvalue weighted by Gasteiger charge is 2.29. The third-order valence-corrected chi connectivity index (χ3v) is 4.73. The molecule has 0 amide bonds. The normalized spacial score (nSPS) is 13.4. The summed E-state index contributed by atoms with van der Waals surface area (Å²) in [5.74, 6) is -1.24. The first kappa shape index (κ1) is 18.6. The van der Waals surface area contributed by atoms with Crippen LogP contribution in [0.3, 0.4) is 0 Å². The Hall–Kier alpha value is -3.75. The SMILES string of the molecule is COC(=O)CC(c1oc(C)cc(=O)c1O)c1cc2cc3c(cc2[nH]c1=O)OCO3. The second kappa shape index (κ2) is 7.01. The number of benzene rings is 1. The number of methoxy groups -OCH3 is 1. The number of nitrogens with one attached hydrogen (secondary N) is 1. The van der Waals surface area contributed by atoms with E-state index >= 15 is 0 Å². The van der Waals surface area contributed by atoms with Gasteiger partial charge in [0.15, 0.2) is 17.3 Å². The quantitative estimate of drug-likeness (QED) is 0.637. The van der Waals surface area contributed by atoms with Crippen molar-refractivity contribution in [2.45, 2.75) is 19.3 Å². The van der Waals surface area contributed by atoms with Crippen molar-refractivity contribution in [1.82, 2.24) is 4.98 Å². The Bertz CT molecular complexity index is 1240. The van der Waals surface area contributed by atoms with Gasteiger partial charge in [0.1, 0.15) is 5.76 Å². The largest absolute Gasteiger partial charge is 0.502 e. The summed E-state index contributed by atoms with van der Waals surface area (Å²) in [6, 6.07) is 6.02. The summed E-state index contributed by atoms with van der Waals surface area (Å²) in [4.78, 5) is 39.6. The Morgan fingerprint density at radius 1 is 1.21 bits per heavy atom. The maximum absolute atomic E-state index is 12.8. The van der Waals surface area contributed by atoms with Crippen LogP contribution in [0, 0.1) is 6.92 Å². The minimum absolute atomic E-state index is 0.0794. The maximum Gasteiger partial charge on any atom is 0.306 e. The number of aromatic nitrogens is 1. The van der Waals surface area contributed by atoms with E-state index in [-0.39, 0.29) is 30.3 Å². The number of rotatable bonds is 4. The number of ether oxygens (including phenoxy) is 3. The second-order valence-electron chi connectivity index (χ2n) is 6.61. The highest BCUT2D eigenvalue weighted by molar-refractivity contribution is 5.83. The van der Waals surface area contributed by atoms with Crippen LogP contribution in [0.5, 0.6) is 17.2 Å². The molecular formula is C20H17NO8. The average Bonchev–Trinajstić information content (AvgIpc) is 3.14. The summed E-state index contributed by atoms with van der Waals surface area (Å²) in [7, 11) is 1.21. The number of pyridine rings is 1. The molecule has 9 heteroatoms. The molecule has 0 fully saturated rings. The van der Waals surface area contributed by atoms with E-state index < -0.39 is 28.6 Å². The van der Waals surface area contributed by atoms with Crippen LogP contribution in [0.4, 0.5) is 0 Å². The molecular weight excluding hydrogens is 382 g/mol. The molecule has 0 radical (unpaired) electrons. The predicted octanol–water partition coefficient (Wildman–Crippen LogP) is 1.92. The smallest absolute Gasteiger partial charge is 0.306 e. The molecule has 4 rings (SSSR count). The van der Waals surface area contributed by atoms with E-state index in [1.165, 1.54) is 14.0 Å². The molecule has 0 aliphatic carbocycles. The van der Waals surface area contributed by atoms with E-state index in [1.54, 1.807) is 18.2 Å². The molecule has 1 aliphatic heterocycles. The van der Waals surface area contributed by atoms with Gasteiger partial charge in [0, 0.05) is 23.1 Å². The van der Waals surface area contributed by atoms with Crippen LogP contribution in [-0.2, 0) is 9.53 Å². The van der Waals surface area contributed by atoms with Gasteiger partial charge in [-0.3, -0.25) is 14.4 Å². The van der Waals surface area contributed by atoms with Crippen molar-refractivity contribution < 1.29 is 28.5 Å². The molecule has 3 aromatic rings. The van der Waals surface area contributed by atoms with Gasteiger partial charge in [-0.15, -0.1) is 0 Å². The van der Waals surface area contributed by atoms with Crippen molar-refractivity contribution in [3.63, 3.8) is 0 Å². The fraction of sp³-hybridized carbons (Fsp3) is 0.250. The Morgan fingerprint density at radius 2 is 1.93 bits per heavy atom. The van der Waals surface area contributed by atoms with Crippen molar-refractivity contribution in [1.29, 1.82) is 0 Å². The average molecular weight is 399 g/mol. The fourth-order valence-electron chi connectivity index (χ4n) is 3.33. The van der Waals surface area contributed by atoms with Crippen LogP contribution in [0.25, 0.3) is 10.9 Å². The molecule has 3 heterocycles. The van der Waals surface area contributed by atoms with Gasteiger partial charge in [0.25, 0.3) is 5.56 Å². The van der Waals surface area contributed by atoms with E-state index in [4.69, 9.17) is 18.6 Å². The molecule has 2 N–H and O–H groups in total. The van der Waals surface area contributed by atoms with Gasteiger partial charge in [0.2, 0.25) is 18.0 Å². The number of fused-ring (bicyclic) bond motifs is 2. The Balaban J connectivity index is 1.93. The lowest BCUT2D eigenvalue weighted by Crippen LogP contribution is -2.21. The monoisotopic (exact) mass is 399 g/mol. The summed E-state index contributed by atoms with van der Waals surface area (Å²) in [6.45, 7) is 1.61. The van der Waals surface area contributed by atoms with Crippen LogP contribution in [0.15, 0.2) is 38.3 Å². The summed E-state index contributed by atoms with van der Waals surface area (Å²) in [5, 5.41) is 10.9. The lowest BCUT2D eigenvalue weighted by Gasteiger charge is -2.17. The Labute approximate surface area is 163 Å². The number of esters is 1. The van der Waals surface area contributed by atoms with Gasteiger partial charge in [-0.1, -0.05) is 0 Å². The molecule has 2 aromatic heterocycles. The van der Waals surface area contributed by atoms with Crippen LogP contribution in [-0.4, -0.2) is 30.0 Å². The van der Waals surface area contributed by atoms with E-state index in [9.17, 15) is 19.5 Å². The van der Waals surface area contributed by atoms with Crippen LogP contribution >= 0.6 is 0 Å². The first-order valence-corrected chi connectivity index (χ1v) is 8.74. The molecule has 9 nitrogen and oxygen atoms in total. The number of hydrogen-bond donors (Lipinski definition) is 2. The highest BCUT2D eigenvalue weighted by Crippen LogP contribution is 2.37. The molecule has 1 aliphatic rings. The predicted molar refractivity (Wildman–Crippen MR) is 101 cm³/mol. The van der Waals surface area contributed by atoms with Gasteiger partial charge >= 0.3 is 5.97 Å². The van der Waals surface area contributed by atoms with E-state index in [2.05, 4.69) is 4.98 Å². The summed E-state index contributed by atoms with van der Waals surface area (Å²) in [5.41, 5.74) is -0.534. The minimum atomic E-state index is -1.03. The minimum Gasteiger partial charge on any atom is -0.502 e. The van der Waals surface area contributed by atoms with E-state index in [1.807, 2.05) is 0 Å². The van der Waals surface area contributed by atoms with Crippen LogP contribution < -0.4 is 20.5 Å². The topological polar surface area (TPSA) is 128 Å². The molecule has 1 unspecified atom stereocenters. The number of H-pyrrole nitrogens is 1. The van der Waals surface area contributed by atoms with Crippen LogP contribution in [0.2, 0.25) is 0 Å². The van der Waals surface area contributed by atoms with Gasteiger partial charge in [0.05, 0.1) is 25.0 Å². The molecule has 1 atom stereocenters. The molecule has 0 spiro atoms. The number of aromatic amines is 1. The van der Waals surface area contributed by atoms with Crippen LogP contribution in [0.1, 0.15) is 29.4 Å². The van der Waals surface area contributed by atoms with E-state index in [0.717, 1.165) is 6.07 Å². The Morgan fingerprint density at radius 3 is 2.66 bits per heavy atom. The summed E-state index contributed by atoms with van der Waals surface area (Å²) < 4.78 is 20.9. The maximum atomic E-state index is 12.8. The standard InChI is InChI=1S/C20H17NO8/c1-9-3-14(22)18(24)19(29-9)11(6-17(23)26-2)12-4-10-5-15-16(28-8-27-15)7-13(10)21-20(12)25/h3-5,7,11,24H,6,8H2,1-2H3,(H,21,25). The fourth-order valence-corrected chi connectivity index (χ4v) is 3.33. The zero-order valence-corrected chi connectivity index (χ0v) is 15.6. The first-order chi connectivity index (χ1) is 13.9. The summed E-state index contributed by atoms with van der Waals surface area (Å²) >= 11 is 0. The third kappa shape index (κ3) is 3.31. The molecule has 0 saturated heterocycles. The van der Waals surface area contributed by atoms with Crippen molar-refractivity contribution in [2.75, 3.05) is 13.9 Å². The van der Waals surface area contributed by atoms with Gasteiger partial charge in [-0.25, -0.2) is 0 Å². The van der Waals surface area contributed by atoms with E-state index in [0.29, 0.717) is 22.4 Å². The van der Waals surface area contributed by atoms with Crippen molar-refractivity contribution in [2.24, 2.45) is 0 Å². The molecule has 0 bridgehead atoms. The molecule has 150 valence electrons. The third-order valence-electron chi connectivity index (χ3n) is 4.73. The lowest BCUT2D eigenvalue weighted by molar-refractivity contribution is -0.140. The van der Waals surface area contributed by atoms with Gasteiger partial charge in [-0.05, 0) is 19.1 Å². The van der Waals surface area contributed by atoms with Gasteiger partial charge in [-0.2, -0.15) is 0 Å². The molecule has 1 aromatic carbocycles. The number of carbonyl (C=O) groups is 1.